The molecular formula is C17H17NO5S. The number of hydrogen-bond acceptors (Lipinski definition) is 5. The normalized spacial score (nSPS) is 25.9. The van der Waals surface area contributed by atoms with E-state index in [1.165, 1.54) is 19.2 Å². The van der Waals surface area contributed by atoms with Crippen LogP contribution in [-0.2, 0) is 14.6 Å². The molecule has 2 aromatic rings. The Kier molecular flexibility index (Phi) is 3.85. The van der Waals surface area contributed by atoms with E-state index < -0.39 is 32.5 Å². The lowest BCUT2D eigenvalue weighted by Crippen LogP contribution is -2.39. The summed E-state index contributed by atoms with van der Waals surface area (Å²) in [7, 11) is -2.36. The minimum absolute atomic E-state index is 0.0714. The predicted octanol–water partition coefficient (Wildman–Crippen LogP) is 1.42. The van der Waals surface area contributed by atoms with Crippen molar-refractivity contribution >= 4 is 15.8 Å². The van der Waals surface area contributed by atoms with Gasteiger partial charge in [-0.05, 0) is 29.8 Å². The van der Waals surface area contributed by atoms with Gasteiger partial charge in [0.25, 0.3) is 0 Å². The number of rotatable bonds is 5. The van der Waals surface area contributed by atoms with E-state index in [0.29, 0.717) is 11.3 Å². The molecule has 0 unspecified atom stereocenters. The van der Waals surface area contributed by atoms with Gasteiger partial charge < -0.3 is 15.6 Å². The van der Waals surface area contributed by atoms with Gasteiger partial charge in [-0.3, -0.25) is 4.79 Å². The number of carboxylic acids is 1. The van der Waals surface area contributed by atoms with Gasteiger partial charge in [-0.15, -0.1) is 0 Å². The molecule has 1 fully saturated rings. The fraction of sp³-hybridized carbons (Fsp3) is 0.235. The third kappa shape index (κ3) is 2.37. The van der Waals surface area contributed by atoms with Crippen molar-refractivity contribution in [2.45, 2.75) is 21.6 Å². The van der Waals surface area contributed by atoms with Crippen LogP contribution in [0.5, 0.6) is 5.75 Å². The summed E-state index contributed by atoms with van der Waals surface area (Å²) in [5.41, 5.74) is 4.71. The van der Waals surface area contributed by atoms with E-state index in [4.69, 9.17) is 10.5 Å². The van der Waals surface area contributed by atoms with Gasteiger partial charge in [0, 0.05) is 5.92 Å². The van der Waals surface area contributed by atoms with E-state index >= 15 is 0 Å². The van der Waals surface area contributed by atoms with Gasteiger partial charge in [0.1, 0.15) is 16.5 Å². The van der Waals surface area contributed by atoms with Crippen molar-refractivity contribution in [2.24, 2.45) is 5.73 Å². The number of methoxy groups -OCH3 is 1. The molecular weight excluding hydrogens is 330 g/mol. The van der Waals surface area contributed by atoms with Crippen LogP contribution in [0.1, 0.15) is 11.5 Å². The van der Waals surface area contributed by atoms with Crippen LogP contribution in [0, 0.1) is 0 Å². The fourth-order valence-electron chi connectivity index (χ4n) is 3.08. The van der Waals surface area contributed by atoms with Gasteiger partial charge in [-0.2, -0.15) is 0 Å². The van der Waals surface area contributed by atoms with Crippen molar-refractivity contribution in [2.75, 3.05) is 7.11 Å². The number of benzene rings is 2. The van der Waals surface area contributed by atoms with Crippen LogP contribution in [0.2, 0.25) is 0 Å². The molecule has 1 aliphatic rings. The predicted molar refractivity (Wildman–Crippen MR) is 87.7 cm³/mol. The molecule has 6 nitrogen and oxygen atoms in total. The van der Waals surface area contributed by atoms with Gasteiger partial charge in [0.15, 0.2) is 9.84 Å². The Labute approximate surface area is 139 Å². The number of aliphatic carboxylic acids is 1. The summed E-state index contributed by atoms with van der Waals surface area (Å²) in [6.45, 7) is 0. The molecule has 0 aliphatic heterocycles. The van der Waals surface area contributed by atoms with Gasteiger partial charge in [-0.25, -0.2) is 8.42 Å². The lowest BCUT2D eigenvalue weighted by Gasteiger charge is -2.06. The molecule has 3 atom stereocenters. The van der Waals surface area contributed by atoms with Crippen LogP contribution >= 0.6 is 0 Å². The maximum atomic E-state index is 12.9. The lowest BCUT2D eigenvalue weighted by molar-refractivity contribution is -0.139. The number of hydrogen-bond donors (Lipinski definition) is 2. The summed E-state index contributed by atoms with van der Waals surface area (Å²) in [6.07, 6.45) is 0. The zero-order chi connectivity index (χ0) is 17.5. The number of carbonyl (C=O) groups is 1. The van der Waals surface area contributed by atoms with Gasteiger partial charge in [-0.1, -0.05) is 30.3 Å². The van der Waals surface area contributed by atoms with Crippen molar-refractivity contribution in [3.8, 4) is 5.75 Å². The second kappa shape index (κ2) is 5.61. The van der Waals surface area contributed by atoms with Crippen molar-refractivity contribution in [1.82, 2.24) is 0 Å². The maximum absolute atomic E-state index is 12.9. The molecule has 0 spiro atoms. The molecule has 1 saturated carbocycles. The van der Waals surface area contributed by atoms with E-state index in [2.05, 4.69) is 0 Å². The van der Waals surface area contributed by atoms with E-state index in [1.54, 1.807) is 42.5 Å². The van der Waals surface area contributed by atoms with Crippen molar-refractivity contribution in [3.05, 3.63) is 60.2 Å². The Morgan fingerprint density at radius 3 is 2.21 bits per heavy atom. The zero-order valence-corrected chi connectivity index (χ0v) is 13.7. The molecule has 2 aromatic carbocycles. The van der Waals surface area contributed by atoms with Crippen LogP contribution in [0.25, 0.3) is 0 Å². The van der Waals surface area contributed by atoms with Crippen LogP contribution < -0.4 is 10.5 Å². The number of carboxylic acid groups (broad SMARTS) is 1. The summed E-state index contributed by atoms with van der Waals surface area (Å²) >= 11 is 0. The topological polar surface area (TPSA) is 107 Å². The molecule has 0 aromatic heterocycles. The first-order valence-corrected chi connectivity index (χ1v) is 8.83. The highest BCUT2D eigenvalue weighted by Crippen LogP contribution is 2.55. The second-order valence-corrected chi connectivity index (χ2v) is 7.84. The van der Waals surface area contributed by atoms with Gasteiger partial charge >= 0.3 is 5.97 Å². The van der Waals surface area contributed by atoms with Gasteiger partial charge in [0.2, 0.25) is 0 Å². The summed E-state index contributed by atoms with van der Waals surface area (Å²) < 4.78 is 30.8. The molecule has 24 heavy (non-hydrogen) atoms. The highest BCUT2D eigenvalue weighted by Gasteiger charge is 2.74. The molecule has 0 radical (unpaired) electrons. The quantitative estimate of drug-likeness (QED) is 0.847. The molecule has 1 aliphatic carbocycles. The minimum atomic E-state index is -3.87. The van der Waals surface area contributed by atoms with Gasteiger partial charge in [0.05, 0.1) is 12.0 Å². The van der Waals surface area contributed by atoms with Crippen LogP contribution in [0.15, 0.2) is 59.5 Å². The third-order valence-corrected chi connectivity index (χ3v) is 6.69. The molecule has 7 heteroatoms. The minimum Gasteiger partial charge on any atom is -0.497 e. The van der Waals surface area contributed by atoms with Crippen LogP contribution in [0.3, 0.4) is 0 Å². The molecule has 3 rings (SSSR count). The Balaban J connectivity index is 2.04. The Hall–Kier alpha value is -2.38. The van der Waals surface area contributed by atoms with Crippen LogP contribution in [0.4, 0.5) is 0 Å². The first-order valence-electron chi connectivity index (χ1n) is 7.28. The number of ether oxygens (including phenoxy) is 1. The highest BCUT2D eigenvalue weighted by atomic mass is 32.2. The van der Waals surface area contributed by atoms with E-state index in [9.17, 15) is 18.3 Å². The Morgan fingerprint density at radius 1 is 1.12 bits per heavy atom. The Bertz CT molecular complexity index is 864. The lowest BCUT2D eigenvalue weighted by atomic mass is 10.1. The molecule has 0 amide bonds. The SMILES string of the molecule is COc1ccc([C@@H]2[C@@H](S(=O)(=O)c3ccccc3)[C@]2(N)C(=O)O)cc1. The summed E-state index contributed by atoms with van der Waals surface area (Å²) in [6, 6.07) is 14.4. The van der Waals surface area contributed by atoms with Crippen LogP contribution in [-0.4, -0.2) is 37.4 Å². The van der Waals surface area contributed by atoms with Crippen molar-refractivity contribution in [1.29, 1.82) is 0 Å². The highest BCUT2D eigenvalue weighted by molar-refractivity contribution is 7.92. The first-order chi connectivity index (χ1) is 11.3. The standard InChI is InChI=1S/C17H17NO5S/c1-23-12-9-7-11(8-10-12)14-15(17(14,18)16(19)20)24(21,22)13-5-3-2-4-6-13/h2-10,14-15H,18H2,1H3,(H,19,20)/t14-,15-,17+/m1/s1. The Morgan fingerprint density at radius 2 is 1.71 bits per heavy atom. The molecule has 3 N–H and O–H groups in total. The molecule has 126 valence electrons. The average Bonchev–Trinajstić information content (AvgIpc) is 3.24. The van der Waals surface area contributed by atoms with E-state index in [1.807, 2.05) is 0 Å². The largest absolute Gasteiger partial charge is 0.497 e. The number of sulfone groups is 1. The summed E-state index contributed by atoms with van der Waals surface area (Å²) in [5, 5.41) is 8.30. The summed E-state index contributed by atoms with van der Waals surface area (Å²) in [5.74, 6) is -1.54. The molecule has 0 heterocycles. The maximum Gasteiger partial charge on any atom is 0.325 e. The monoisotopic (exact) mass is 347 g/mol. The average molecular weight is 347 g/mol. The third-order valence-electron chi connectivity index (χ3n) is 4.43. The van der Waals surface area contributed by atoms with E-state index in [0.717, 1.165) is 0 Å². The summed E-state index contributed by atoms with van der Waals surface area (Å²) in [4.78, 5) is 11.7. The zero-order valence-electron chi connectivity index (χ0n) is 12.9. The van der Waals surface area contributed by atoms with Crippen molar-refractivity contribution in [3.63, 3.8) is 0 Å². The fourth-order valence-corrected chi connectivity index (χ4v) is 5.34. The number of nitrogens with two attached hydrogens (primary N) is 1. The second-order valence-electron chi connectivity index (χ2n) is 5.77. The van der Waals surface area contributed by atoms with Crippen molar-refractivity contribution < 1.29 is 23.1 Å². The molecule has 0 bridgehead atoms. The van der Waals surface area contributed by atoms with E-state index in [-0.39, 0.29) is 4.90 Å². The smallest absolute Gasteiger partial charge is 0.325 e. The first kappa shape index (κ1) is 16.5. The molecule has 0 saturated heterocycles.